The maximum atomic E-state index is 10.6. The molecule has 1 aliphatic heterocycles. The number of aliphatic hydroxyl groups is 1. The van der Waals surface area contributed by atoms with Crippen LogP contribution in [0.3, 0.4) is 0 Å². The molecule has 1 fully saturated rings. The number of aryl methyl sites for hydroxylation is 1. The quantitative estimate of drug-likeness (QED) is 0.679. The number of aliphatic hydroxyl groups excluding tert-OH is 1. The van der Waals surface area contributed by atoms with Crippen LogP contribution in [0.2, 0.25) is 0 Å². The van der Waals surface area contributed by atoms with Crippen molar-refractivity contribution < 1.29 is 19.3 Å². The van der Waals surface area contributed by atoms with Crippen LogP contribution in [-0.4, -0.2) is 55.6 Å². The van der Waals surface area contributed by atoms with Crippen molar-refractivity contribution in [2.45, 2.75) is 38.5 Å². The molecule has 0 aromatic heterocycles. The SMILES string of the molecule is COc1ccc(OCC(O)CN(Cc2cccc(C)c2)CC2CCCO2)cc1. The van der Waals surface area contributed by atoms with Crippen LogP contribution in [0.15, 0.2) is 48.5 Å². The van der Waals surface area contributed by atoms with Gasteiger partial charge >= 0.3 is 0 Å². The van der Waals surface area contributed by atoms with Crippen LogP contribution >= 0.6 is 0 Å². The molecule has 28 heavy (non-hydrogen) atoms. The first-order chi connectivity index (χ1) is 13.6. The average Bonchev–Trinajstić information content (AvgIpc) is 3.20. The fraction of sp³-hybridized carbons (Fsp3) is 0.478. The van der Waals surface area contributed by atoms with Crippen LogP contribution in [-0.2, 0) is 11.3 Å². The first-order valence-electron chi connectivity index (χ1n) is 9.97. The molecule has 1 N–H and O–H groups in total. The number of hydrogen-bond acceptors (Lipinski definition) is 5. The predicted molar refractivity (Wildman–Crippen MR) is 110 cm³/mol. The highest BCUT2D eigenvalue weighted by atomic mass is 16.5. The van der Waals surface area contributed by atoms with Crippen molar-refractivity contribution >= 4 is 0 Å². The lowest BCUT2D eigenvalue weighted by Gasteiger charge is -2.27. The molecule has 2 unspecified atom stereocenters. The fourth-order valence-corrected chi connectivity index (χ4v) is 3.56. The fourth-order valence-electron chi connectivity index (χ4n) is 3.56. The highest BCUT2D eigenvalue weighted by Gasteiger charge is 2.21. The van der Waals surface area contributed by atoms with Gasteiger partial charge in [-0.05, 0) is 49.6 Å². The molecule has 1 saturated heterocycles. The van der Waals surface area contributed by atoms with E-state index in [9.17, 15) is 5.11 Å². The van der Waals surface area contributed by atoms with E-state index in [0.717, 1.165) is 44.0 Å². The molecular formula is C23H31NO4. The van der Waals surface area contributed by atoms with Gasteiger partial charge in [0.15, 0.2) is 0 Å². The van der Waals surface area contributed by atoms with Crippen molar-refractivity contribution in [1.82, 2.24) is 4.90 Å². The Labute approximate surface area is 167 Å². The number of hydrogen-bond donors (Lipinski definition) is 1. The van der Waals surface area contributed by atoms with Gasteiger partial charge in [-0.15, -0.1) is 0 Å². The second kappa shape index (κ2) is 10.5. The van der Waals surface area contributed by atoms with Gasteiger partial charge in [0.25, 0.3) is 0 Å². The van der Waals surface area contributed by atoms with Crippen molar-refractivity contribution in [2.24, 2.45) is 0 Å². The Morgan fingerprint density at radius 1 is 1.18 bits per heavy atom. The van der Waals surface area contributed by atoms with Crippen LogP contribution in [0.25, 0.3) is 0 Å². The molecule has 3 rings (SSSR count). The topological polar surface area (TPSA) is 51.2 Å². The van der Waals surface area contributed by atoms with Gasteiger partial charge in [-0.25, -0.2) is 0 Å². The third-order valence-electron chi connectivity index (χ3n) is 4.95. The summed E-state index contributed by atoms with van der Waals surface area (Å²) in [5.41, 5.74) is 2.50. The van der Waals surface area contributed by atoms with E-state index in [2.05, 4.69) is 36.1 Å². The van der Waals surface area contributed by atoms with E-state index in [1.165, 1.54) is 11.1 Å². The van der Waals surface area contributed by atoms with Gasteiger partial charge in [0.05, 0.1) is 13.2 Å². The third-order valence-corrected chi connectivity index (χ3v) is 4.95. The van der Waals surface area contributed by atoms with Gasteiger partial charge in [0.1, 0.15) is 24.2 Å². The Morgan fingerprint density at radius 3 is 2.64 bits per heavy atom. The minimum atomic E-state index is -0.576. The Morgan fingerprint density at radius 2 is 1.96 bits per heavy atom. The number of nitrogens with zero attached hydrogens (tertiary/aromatic N) is 1. The second-order valence-corrected chi connectivity index (χ2v) is 7.46. The van der Waals surface area contributed by atoms with Crippen molar-refractivity contribution in [2.75, 3.05) is 33.4 Å². The summed E-state index contributed by atoms with van der Waals surface area (Å²) in [5.74, 6) is 1.51. The maximum Gasteiger partial charge on any atom is 0.119 e. The van der Waals surface area contributed by atoms with Crippen LogP contribution in [0.4, 0.5) is 0 Å². The van der Waals surface area contributed by atoms with Gasteiger partial charge in [-0.2, -0.15) is 0 Å². The number of methoxy groups -OCH3 is 1. The molecule has 0 saturated carbocycles. The molecule has 5 heteroatoms. The van der Waals surface area contributed by atoms with E-state index in [1.807, 2.05) is 24.3 Å². The molecule has 0 radical (unpaired) electrons. The summed E-state index contributed by atoms with van der Waals surface area (Å²) in [6.07, 6.45) is 1.88. The summed E-state index contributed by atoms with van der Waals surface area (Å²) in [4.78, 5) is 2.27. The molecule has 2 aromatic rings. The van der Waals surface area contributed by atoms with Crippen LogP contribution < -0.4 is 9.47 Å². The lowest BCUT2D eigenvalue weighted by molar-refractivity contribution is 0.0313. The Balaban J connectivity index is 1.55. The van der Waals surface area contributed by atoms with Gasteiger partial charge in [-0.1, -0.05) is 29.8 Å². The first-order valence-corrected chi connectivity index (χ1v) is 9.97. The molecule has 1 heterocycles. The van der Waals surface area contributed by atoms with Crippen molar-refractivity contribution in [3.05, 3.63) is 59.7 Å². The summed E-state index contributed by atoms with van der Waals surface area (Å²) in [7, 11) is 1.64. The maximum absolute atomic E-state index is 10.6. The van der Waals surface area contributed by atoms with E-state index in [0.29, 0.717) is 6.54 Å². The van der Waals surface area contributed by atoms with Crippen LogP contribution in [0, 0.1) is 6.92 Å². The Bertz CT molecular complexity index is 713. The van der Waals surface area contributed by atoms with Gasteiger partial charge < -0.3 is 19.3 Å². The molecule has 0 bridgehead atoms. The lowest BCUT2D eigenvalue weighted by Crippen LogP contribution is -2.39. The van der Waals surface area contributed by atoms with Crippen LogP contribution in [0.1, 0.15) is 24.0 Å². The number of ether oxygens (including phenoxy) is 3. The summed E-state index contributed by atoms with van der Waals surface area (Å²) < 4.78 is 16.7. The zero-order valence-corrected chi connectivity index (χ0v) is 16.8. The molecule has 0 amide bonds. The molecular weight excluding hydrogens is 354 g/mol. The first kappa shape index (κ1) is 20.6. The molecule has 1 aliphatic rings. The number of benzene rings is 2. The van der Waals surface area contributed by atoms with Gasteiger partial charge in [0, 0.05) is 26.2 Å². The smallest absolute Gasteiger partial charge is 0.119 e. The molecule has 2 aromatic carbocycles. The Hall–Kier alpha value is -2.08. The summed E-state index contributed by atoms with van der Waals surface area (Å²) >= 11 is 0. The molecule has 0 aliphatic carbocycles. The minimum absolute atomic E-state index is 0.250. The van der Waals surface area contributed by atoms with E-state index >= 15 is 0 Å². The highest BCUT2D eigenvalue weighted by molar-refractivity contribution is 5.31. The second-order valence-electron chi connectivity index (χ2n) is 7.46. The largest absolute Gasteiger partial charge is 0.497 e. The highest BCUT2D eigenvalue weighted by Crippen LogP contribution is 2.18. The van der Waals surface area contributed by atoms with E-state index < -0.39 is 6.10 Å². The molecule has 152 valence electrons. The zero-order valence-electron chi connectivity index (χ0n) is 16.8. The molecule has 5 nitrogen and oxygen atoms in total. The molecule has 0 spiro atoms. The normalized spacial score (nSPS) is 17.6. The van der Waals surface area contributed by atoms with Gasteiger partial charge in [0.2, 0.25) is 0 Å². The van der Waals surface area contributed by atoms with Crippen molar-refractivity contribution in [3.63, 3.8) is 0 Å². The Kier molecular flexibility index (Phi) is 7.71. The predicted octanol–water partition coefficient (Wildman–Crippen LogP) is 3.42. The zero-order chi connectivity index (χ0) is 19.8. The standard InChI is InChI=1S/C23H31NO4/c1-18-5-3-6-19(13-18)14-24(16-23-7-4-12-27-23)15-20(25)17-28-22-10-8-21(26-2)9-11-22/h3,5-6,8-11,13,20,23,25H,4,7,12,14-17H2,1-2H3. The average molecular weight is 386 g/mol. The van der Waals surface area contributed by atoms with Crippen molar-refractivity contribution in [3.8, 4) is 11.5 Å². The summed E-state index contributed by atoms with van der Waals surface area (Å²) in [6.45, 7) is 5.36. The van der Waals surface area contributed by atoms with E-state index in [4.69, 9.17) is 14.2 Å². The molecule has 2 atom stereocenters. The summed E-state index contributed by atoms with van der Waals surface area (Å²) in [5, 5.41) is 10.6. The van der Waals surface area contributed by atoms with Crippen LogP contribution in [0.5, 0.6) is 11.5 Å². The minimum Gasteiger partial charge on any atom is -0.497 e. The van der Waals surface area contributed by atoms with Gasteiger partial charge in [-0.3, -0.25) is 4.90 Å². The third kappa shape index (κ3) is 6.51. The van der Waals surface area contributed by atoms with E-state index in [1.54, 1.807) is 7.11 Å². The van der Waals surface area contributed by atoms with E-state index in [-0.39, 0.29) is 12.7 Å². The number of rotatable bonds is 10. The monoisotopic (exact) mass is 385 g/mol. The lowest BCUT2D eigenvalue weighted by atomic mass is 10.1. The summed E-state index contributed by atoms with van der Waals surface area (Å²) in [6, 6.07) is 15.9. The van der Waals surface area contributed by atoms with Crippen molar-refractivity contribution in [1.29, 1.82) is 0 Å².